The van der Waals surface area contributed by atoms with Crippen LogP contribution in [0.4, 0.5) is 0 Å². The first-order valence-corrected chi connectivity index (χ1v) is 0.905. The Labute approximate surface area is 28.5 Å². The first-order valence-electron chi connectivity index (χ1n) is 0.905. The van der Waals surface area contributed by atoms with Crippen molar-refractivity contribution in [2.24, 2.45) is 5.84 Å². The van der Waals surface area contributed by atoms with Gasteiger partial charge in [-0.3, -0.25) is 10.4 Å². The lowest BCUT2D eigenvalue weighted by Crippen LogP contribution is -2.38. The molecule has 0 aliphatic rings. The van der Waals surface area contributed by atoms with Crippen molar-refractivity contribution in [3.63, 3.8) is 0 Å². The Balaban J connectivity index is 2.54. The minimum absolute atomic E-state index is 0.0694. The number of nitrogens with two attached hydrogens (primary N) is 1. The minimum atomic E-state index is -0.0694. The molecular formula is H5N3O2. The van der Waals surface area contributed by atoms with Gasteiger partial charge < -0.3 is 0 Å². The van der Waals surface area contributed by atoms with Gasteiger partial charge in [0.05, 0.1) is 0 Å². The Kier molecular flexibility index (Phi) is 1.98. The Morgan fingerprint density at radius 3 is 2.00 bits per heavy atom. The van der Waals surface area contributed by atoms with Crippen LogP contribution in [0.2, 0.25) is 0 Å². The fourth-order valence-corrected chi connectivity index (χ4v) is 0. The summed E-state index contributed by atoms with van der Waals surface area (Å²) in [5.74, 6) is 4.32. The van der Waals surface area contributed by atoms with E-state index in [1.165, 1.54) is 5.59 Å². The maximum absolute atomic E-state index is 7.61. The van der Waals surface area contributed by atoms with Gasteiger partial charge in [0.25, 0.3) is 0 Å². The zero-order valence-electron chi connectivity index (χ0n) is 2.42. The van der Waals surface area contributed by atoms with Crippen LogP contribution in [0.25, 0.3) is 0 Å². The zero-order chi connectivity index (χ0) is 4.28. The SMILES string of the molecule is NN(O)NO. The fourth-order valence-electron chi connectivity index (χ4n) is 0. The summed E-state index contributed by atoms with van der Waals surface area (Å²) in [4.78, 5) is 0. The van der Waals surface area contributed by atoms with Crippen molar-refractivity contribution >= 4 is 0 Å². The molecule has 5 N–H and O–H groups in total. The molecule has 0 aliphatic carbocycles. The second-order valence-electron chi connectivity index (χ2n) is 0.445. The van der Waals surface area contributed by atoms with Crippen molar-refractivity contribution < 1.29 is 10.4 Å². The molecule has 0 heterocycles. The Hall–Kier alpha value is -0.200. The highest BCUT2D eigenvalue weighted by atomic mass is 16.7. The molecule has 0 atom stereocenters. The minimum Gasteiger partial charge on any atom is -0.299 e. The van der Waals surface area contributed by atoms with Crippen LogP contribution in [-0.4, -0.2) is 15.7 Å². The number of nitrogens with zero attached hydrogens (tertiary/aromatic N) is 1. The molecule has 5 nitrogen and oxygen atoms in total. The van der Waals surface area contributed by atoms with Crippen LogP contribution in [0.15, 0.2) is 0 Å². The molecule has 0 saturated heterocycles. The maximum atomic E-state index is 7.61. The quantitative estimate of drug-likeness (QED) is 0.226. The standard InChI is InChI=1S/H5N3O2/c1-3(5)2-4/h2,4-5H,1H2. The average Bonchev–Trinajstić information content (AvgIpc) is 1.38. The second-order valence-corrected chi connectivity index (χ2v) is 0.445. The summed E-state index contributed by atoms with van der Waals surface area (Å²) in [6, 6.07) is 0. The van der Waals surface area contributed by atoms with Gasteiger partial charge in [-0.1, -0.05) is 5.59 Å². The van der Waals surface area contributed by atoms with E-state index in [9.17, 15) is 0 Å². The summed E-state index contributed by atoms with van der Waals surface area (Å²) in [5, 5.41) is 15.0. The van der Waals surface area contributed by atoms with Crippen molar-refractivity contribution in [1.82, 2.24) is 10.9 Å². The van der Waals surface area contributed by atoms with Gasteiger partial charge >= 0.3 is 0 Å². The van der Waals surface area contributed by atoms with E-state index in [0.717, 1.165) is 0 Å². The molecule has 0 aromatic carbocycles. The Morgan fingerprint density at radius 2 is 2.00 bits per heavy atom. The molecule has 0 unspecified atom stereocenters. The summed E-state index contributed by atoms with van der Waals surface area (Å²) in [5.41, 5.74) is 1.19. The molecule has 5 heavy (non-hydrogen) atoms. The van der Waals surface area contributed by atoms with Crippen LogP contribution >= 0.6 is 0 Å². The molecule has 0 spiro atoms. The van der Waals surface area contributed by atoms with Crippen LogP contribution in [-0.2, 0) is 0 Å². The van der Waals surface area contributed by atoms with E-state index >= 15 is 0 Å². The van der Waals surface area contributed by atoms with E-state index in [0.29, 0.717) is 0 Å². The third kappa shape index (κ3) is 3.80. The number of hydrogen-bond acceptors (Lipinski definition) is 5. The van der Waals surface area contributed by atoms with Crippen LogP contribution < -0.4 is 11.4 Å². The molecule has 0 radical (unpaired) electrons. The summed E-state index contributed by atoms with van der Waals surface area (Å²) in [6.07, 6.45) is 0. The second kappa shape index (κ2) is 2.06. The highest BCUT2D eigenvalue weighted by molar-refractivity contribution is 3.71. The lowest BCUT2D eigenvalue weighted by molar-refractivity contribution is -0.219. The molecule has 5 heteroatoms. The summed E-state index contributed by atoms with van der Waals surface area (Å²) in [7, 11) is 0. The van der Waals surface area contributed by atoms with Gasteiger partial charge in [0.15, 0.2) is 0 Å². The topological polar surface area (TPSA) is 81.8 Å². The van der Waals surface area contributed by atoms with E-state index in [1.54, 1.807) is 0 Å². The number of nitrogens with one attached hydrogen (secondary N) is 1. The summed E-state index contributed by atoms with van der Waals surface area (Å²) in [6.45, 7) is 0. The lowest BCUT2D eigenvalue weighted by atomic mass is 12.4. The molecule has 0 aromatic rings. The first kappa shape index (κ1) is 4.80. The Morgan fingerprint density at radius 1 is 1.80 bits per heavy atom. The van der Waals surface area contributed by atoms with E-state index in [2.05, 4.69) is 5.84 Å². The number of hydrogen-bond donors (Lipinski definition) is 4. The summed E-state index contributed by atoms with van der Waals surface area (Å²) >= 11 is 0. The molecule has 0 aromatic heterocycles. The first-order chi connectivity index (χ1) is 2.27. The Bertz CT molecular complexity index is 18.9. The lowest BCUT2D eigenvalue weighted by Gasteiger charge is -1.98. The number of rotatable bonds is 1. The molecule has 0 aliphatic heterocycles. The molecular weight excluding hydrogens is 74.0 g/mol. The third-order valence-electron chi connectivity index (χ3n) is 0.102. The van der Waals surface area contributed by atoms with E-state index < -0.39 is 0 Å². The van der Waals surface area contributed by atoms with Gasteiger partial charge in [0.1, 0.15) is 0 Å². The van der Waals surface area contributed by atoms with Crippen LogP contribution in [0, 0.1) is 0 Å². The van der Waals surface area contributed by atoms with Crippen LogP contribution in [0.1, 0.15) is 0 Å². The smallest absolute Gasteiger partial charge is 0.0332 e. The largest absolute Gasteiger partial charge is 0.299 e. The van der Waals surface area contributed by atoms with Gasteiger partial charge in [-0.25, -0.2) is 5.84 Å². The monoisotopic (exact) mass is 79.0 g/mol. The van der Waals surface area contributed by atoms with Gasteiger partial charge in [-0.15, -0.1) is 0 Å². The van der Waals surface area contributed by atoms with Gasteiger partial charge in [0.2, 0.25) is 0 Å². The van der Waals surface area contributed by atoms with Crippen molar-refractivity contribution in [2.75, 3.05) is 0 Å². The van der Waals surface area contributed by atoms with E-state index in [4.69, 9.17) is 10.4 Å². The van der Waals surface area contributed by atoms with Gasteiger partial charge in [-0.2, -0.15) is 0 Å². The van der Waals surface area contributed by atoms with Gasteiger partial charge in [0, 0.05) is 0 Å². The predicted molar refractivity (Wildman–Crippen MR) is 12.7 cm³/mol. The van der Waals surface area contributed by atoms with E-state index in [1.807, 2.05) is 0 Å². The average molecular weight is 79.1 g/mol. The molecule has 32 valence electrons. The molecule has 0 fully saturated rings. The molecule has 0 bridgehead atoms. The zero-order valence-corrected chi connectivity index (χ0v) is 2.42. The third-order valence-corrected chi connectivity index (χ3v) is 0.102. The normalized spacial score (nSPS) is 9.60. The summed E-state index contributed by atoms with van der Waals surface area (Å²) < 4.78 is 0. The molecule has 0 rings (SSSR count). The van der Waals surface area contributed by atoms with Crippen molar-refractivity contribution in [2.45, 2.75) is 0 Å². The van der Waals surface area contributed by atoms with E-state index in [-0.39, 0.29) is 5.28 Å². The van der Waals surface area contributed by atoms with Crippen molar-refractivity contribution in [3.05, 3.63) is 0 Å². The highest BCUT2D eigenvalue weighted by Crippen LogP contribution is 1.38. The highest BCUT2D eigenvalue weighted by Gasteiger charge is 1.73. The maximum Gasteiger partial charge on any atom is -0.0332 e. The molecule has 0 saturated carbocycles. The van der Waals surface area contributed by atoms with Gasteiger partial charge in [-0.05, 0) is 5.28 Å². The van der Waals surface area contributed by atoms with Crippen LogP contribution in [0.3, 0.4) is 0 Å². The van der Waals surface area contributed by atoms with Crippen LogP contribution in [0.5, 0.6) is 0 Å². The van der Waals surface area contributed by atoms with Crippen molar-refractivity contribution in [1.29, 1.82) is 0 Å². The fraction of sp³-hybridized carbons (Fsp3) is 0. The van der Waals surface area contributed by atoms with Crippen molar-refractivity contribution in [3.8, 4) is 0 Å². The molecule has 0 amide bonds. The predicted octanol–water partition coefficient (Wildman–Crippen LogP) is -1.55. The number of hydrazine groups is 2.